The highest BCUT2D eigenvalue weighted by atomic mass is 16.3. The van der Waals surface area contributed by atoms with E-state index in [-0.39, 0.29) is 0 Å². The van der Waals surface area contributed by atoms with Gasteiger partial charge in [-0.2, -0.15) is 0 Å². The summed E-state index contributed by atoms with van der Waals surface area (Å²) in [7, 11) is 0. The van der Waals surface area contributed by atoms with Crippen LogP contribution in [0.4, 0.5) is 0 Å². The highest BCUT2D eigenvalue weighted by molar-refractivity contribution is 6.21. The maximum atomic E-state index is 8.68. The molecular weight excluding hydrogens is 621 g/mol. The van der Waals surface area contributed by atoms with Crippen LogP contribution in [0.15, 0.2) is 191 Å². The van der Waals surface area contributed by atoms with Crippen molar-refractivity contribution in [3.63, 3.8) is 0 Å². The molecule has 51 heavy (non-hydrogen) atoms. The largest absolute Gasteiger partial charge is 0.455 e. The van der Waals surface area contributed by atoms with E-state index in [1.807, 2.05) is 73.0 Å². The monoisotopic (exact) mass is 652 g/mol. The predicted octanol–water partition coefficient (Wildman–Crippen LogP) is 12.8. The Morgan fingerprint density at radius 1 is 0.490 bits per heavy atom. The lowest BCUT2D eigenvalue weighted by molar-refractivity contribution is 0.673. The minimum absolute atomic E-state index is 0.418. The molecular formula is C48H32N2O. The number of allylic oxidation sites excluding steroid dienone is 1. The summed E-state index contributed by atoms with van der Waals surface area (Å²) in [5, 5.41) is 15.6. The van der Waals surface area contributed by atoms with Gasteiger partial charge in [0.15, 0.2) is 0 Å². The third-order valence-electron chi connectivity index (χ3n) is 9.59. The van der Waals surface area contributed by atoms with Crippen molar-refractivity contribution in [2.75, 3.05) is 0 Å². The Morgan fingerprint density at radius 3 is 1.92 bits per heavy atom. The molecule has 0 saturated carbocycles. The van der Waals surface area contributed by atoms with E-state index in [9.17, 15) is 0 Å². The number of rotatable bonds is 7. The van der Waals surface area contributed by atoms with Gasteiger partial charge in [0.25, 0.3) is 0 Å². The highest BCUT2D eigenvalue weighted by Gasteiger charge is 2.16. The fourth-order valence-electron chi connectivity index (χ4n) is 7.01. The lowest BCUT2D eigenvalue weighted by Gasteiger charge is -2.11. The van der Waals surface area contributed by atoms with Crippen molar-refractivity contribution < 1.29 is 4.42 Å². The van der Waals surface area contributed by atoms with Crippen LogP contribution in [0.5, 0.6) is 0 Å². The number of benzene rings is 8. The first-order valence-electron chi connectivity index (χ1n) is 17.1. The number of aliphatic imine (C=N–C) groups is 1. The van der Waals surface area contributed by atoms with Gasteiger partial charge in [0.2, 0.25) is 0 Å². The van der Waals surface area contributed by atoms with Crippen LogP contribution < -0.4 is 0 Å². The van der Waals surface area contributed by atoms with Crippen LogP contribution in [0.25, 0.3) is 71.4 Å². The molecule has 0 amide bonds. The molecule has 9 rings (SSSR count). The summed E-state index contributed by atoms with van der Waals surface area (Å²) in [6, 6.07) is 60.7. The third kappa shape index (κ3) is 5.71. The first kappa shape index (κ1) is 30.2. The Balaban J connectivity index is 1.08. The first-order valence-corrected chi connectivity index (χ1v) is 17.1. The fourth-order valence-corrected chi connectivity index (χ4v) is 7.01. The lowest BCUT2D eigenvalue weighted by Crippen LogP contribution is -1.96. The van der Waals surface area contributed by atoms with Crippen LogP contribution in [0.1, 0.15) is 16.7 Å². The molecule has 0 aliphatic carbocycles. The lowest BCUT2D eigenvalue weighted by atomic mass is 9.92. The number of hydrogen-bond donors (Lipinski definition) is 1. The molecule has 0 spiro atoms. The maximum Gasteiger partial charge on any atom is 0.143 e. The molecule has 3 nitrogen and oxygen atoms in total. The molecule has 0 aliphatic heterocycles. The van der Waals surface area contributed by atoms with Crippen molar-refractivity contribution in [2.24, 2.45) is 4.99 Å². The summed E-state index contributed by atoms with van der Waals surface area (Å²) in [6.45, 7) is 0. The summed E-state index contributed by atoms with van der Waals surface area (Å²) in [6.07, 6.45) is 3.70. The zero-order valence-electron chi connectivity index (χ0n) is 27.8. The zero-order valence-corrected chi connectivity index (χ0v) is 27.8. The van der Waals surface area contributed by atoms with E-state index in [0.717, 1.165) is 60.8 Å². The van der Waals surface area contributed by atoms with Gasteiger partial charge < -0.3 is 9.83 Å². The van der Waals surface area contributed by atoms with Crippen LogP contribution in [0.2, 0.25) is 0 Å². The molecule has 3 heteroatoms. The Labute approximate surface area is 296 Å². The summed E-state index contributed by atoms with van der Waals surface area (Å²) in [5.41, 5.74) is 10.4. The Hall–Kier alpha value is -6.84. The number of nitrogens with one attached hydrogen (secondary N) is 1. The van der Waals surface area contributed by atoms with Crippen molar-refractivity contribution in [3.05, 3.63) is 199 Å². The van der Waals surface area contributed by atoms with E-state index < -0.39 is 0 Å². The van der Waals surface area contributed by atoms with Gasteiger partial charge in [-0.1, -0.05) is 158 Å². The van der Waals surface area contributed by atoms with Gasteiger partial charge >= 0.3 is 0 Å². The molecule has 1 aromatic heterocycles. The molecule has 1 heterocycles. The van der Waals surface area contributed by atoms with Crippen molar-refractivity contribution in [1.29, 1.82) is 5.41 Å². The van der Waals surface area contributed by atoms with Crippen LogP contribution in [-0.2, 0) is 0 Å². The SMILES string of the molecule is N=C(/C=C(\N=Cc1ccc(-c2ccc3oc4c5ccccc5c(-c5cccc6ccccc56)cc4c3c2)cc1)c1ccccc1)c1ccccc1. The van der Waals surface area contributed by atoms with Crippen LogP contribution in [0.3, 0.4) is 0 Å². The average Bonchev–Trinajstić information content (AvgIpc) is 3.58. The fraction of sp³-hybridized carbons (Fsp3) is 0. The van der Waals surface area contributed by atoms with E-state index in [2.05, 4.69) is 115 Å². The van der Waals surface area contributed by atoms with Gasteiger partial charge in [-0.3, -0.25) is 4.99 Å². The summed E-state index contributed by atoms with van der Waals surface area (Å²) in [4.78, 5) is 4.86. The Morgan fingerprint density at radius 2 is 1.14 bits per heavy atom. The summed E-state index contributed by atoms with van der Waals surface area (Å²) >= 11 is 0. The van der Waals surface area contributed by atoms with E-state index in [1.165, 1.54) is 27.3 Å². The number of fused-ring (bicyclic) bond motifs is 6. The van der Waals surface area contributed by atoms with Gasteiger partial charge in [0, 0.05) is 27.9 Å². The standard InChI is InChI=1S/C48H32N2O/c49-45(35-13-3-1-4-14-35)30-46(36-15-5-2-6-16-36)50-31-32-22-24-33(25-23-32)37-26-27-47-43(28-37)44-29-42(40-19-9-10-20-41(40)48(44)51-47)39-21-11-17-34-12-7-8-18-38(34)39/h1-31,49H/b46-30-,49-45?,50-31?. The summed E-state index contributed by atoms with van der Waals surface area (Å²) in [5.74, 6) is 0. The van der Waals surface area contributed by atoms with Gasteiger partial charge in [-0.05, 0) is 73.8 Å². The molecule has 8 aromatic carbocycles. The molecule has 0 saturated heterocycles. The molecule has 240 valence electrons. The quantitative estimate of drug-likeness (QED) is 0.171. The van der Waals surface area contributed by atoms with E-state index in [1.54, 1.807) is 0 Å². The van der Waals surface area contributed by atoms with E-state index in [0.29, 0.717) is 5.71 Å². The normalized spacial score (nSPS) is 12.0. The van der Waals surface area contributed by atoms with E-state index in [4.69, 9.17) is 14.8 Å². The zero-order chi connectivity index (χ0) is 34.1. The first-order chi connectivity index (χ1) is 25.2. The van der Waals surface area contributed by atoms with E-state index >= 15 is 0 Å². The molecule has 0 aliphatic rings. The molecule has 1 N–H and O–H groups in total. The molecule has 9 aromatic rings. The van der Waals surface area contributed by atoms with Crippen molar-refractivity contribution in [2.45, 2.75) is 0 Å². The number of nitrogens with zero attached hydrogens (tertiary/aromatic N) is 1. The molecule has 0 unspecified atom stereocenters. The van der Waals surface area contributed by atoms with Crippen LogP contribution in [-0.4, -0.2) is 11.9 Å². The van der Waals surface area contributed by atoms with Crippen molar-refractivity contribution in [3.8, 4) is 22.3 Å². The molecule has 0 bridgehead atoms. The number of furan rings is 1. The summed E-state index contributed by atoms with van der Waals surface area (Å²) < 4.78 is 6.56. The molecule has 0 radical (unpaired) electrons. The second-order valence-corrected chi connectivity index (χ2v) is 12.7. The molecule has 0 atom stereocenters. The van der Waals surface area contributed by atoms with Gasteiger partial charge in [-0.25, -0.2) is 0 Å². The minimum atomic E-state index is 0.418. The van der Waals surface area contributed by atoms with Gasteiger partial charge in [0.1, 0.15) is 11.2 Å². The minimum Gasteiger partial charge on any atom is -0.455 e. The average molecular weight is 653 g/mol. The maximum absolute atomic E-state index is 8.68. The third-order valence-corrected chi connectivity index (χ3v) is 9.59. The molecule has 0 fully saturated rings. The highest BCUT2D eigenvalue weighted by Crippen LogP contribution is 2.42. The Bertz CT molecular complexity index is 2790. The topological polar surface area (TPSA) is 49.4 Å². The van der Waals surface area contributed by atoms with Crippen LogP contribution >= 0.6 is 0 Å². The number of hydrogen-bond acceptors (Lipinski definition) is 3. The van der Waals surface area contributed by atoms with Crippen LogP contribution in [0, 0.1) is 5.41 Å². The second kappa shape index (κ2) is 12.9. The second-order valence-electron chi connectivity index (χ2n) is 12.7. The van der Waals surface area contributed by atoms with Gasteiger partial charge in [-0.15, -0.1) is 0 Å². The van der Waals surface area contributed by atoms with Gasteiger partial charge in [0.05, 0.1) is 11.4 Å². The Kier molecular flexibility index (Phi) is 7.64. The van der Waals surface area contributed by atoms with Crippen molar-refractivity contribution in [1.82, 2.24) is 0 Å². The smallest absolute Gasteiger partial charge is 0.143 e. The predicted molar refractivity (Wildman–Crippen MR) is 215 cm³/mol. The van der Waals surface area contributed by atoms with Crippen molar-refractivity contribution >= 4 is 61.1 Å².